The van der Waals surface area contributed by atoms with Crippen molar-refractivity contribution in [1.29, 1.82) is 0 Å². The van der Waals surface area contributed by atoms with Crippen LogP contribution in [0.15, 0.2) is 35.6 Å². The minimum absolute atomic E-state index is 0.0743. The van der Waals surface area contributed by atoms with Gasteiger partial charge in [-0.25, -0.2) is 9.97 Å². The van der Waals surface area contributed by atoms with E-state index in [2.05, 4.69) is 9.97 Å². The molecule has 8 heteroatoms. The SMILES string of the molecule is COc1ccc2c(c1)nc(S(C)=O)n2-c1nccc(OCCO)c1C. The molecule has 25 heavy (non-hydrogen) atoms. The van der Waals surface area contributed by atoms with Crippen molar-refractivity contribution in [2.75, 3.05) is 26.6 Å². The van der Waals surface area contributed by atoms with Crippen molar-refractivity contribution in [1.82, 2.24) is 14.5 Å². The topological polar surface area (TPSA) is 86.5 Å². The van der Waals surface area contributed by atoms with Crippen molar-refractivity contribution in [2.45, 2.75) is 12.1 Å². The highest BCUT2D eigenvalue weighted by atomic mass is 32.2. The third kappa shape index (κ3) is 3.22. The molecule has 1 aromatic carbocycles. The molecular weight excluding hydrogens is 342 g/mol. The van der Waals surface area contributed by atoms with Gasteiger partial charge < -0.3 is 14.6 Å². The summed E-state index contributed by atoms with van der Waals surface area (Å²) in [5, 5.41) is 9.37. The number of hydrogen-bond donors (Lipinski definition) is 1. The first-order valence-electron chi connectivity index (χ1n) is 7.66. The number of hydrogen-bond acceptors (Lipinski definition) is 6. The van der Waals surface area contributed by atoms with E-state index in [0.29, 0.717) is 28.0 Å². The number of aliphatic hydroxyl groups is 1. The van der Waals surface area contributed by atoms with Crippen LogP contribution < -0.4 is 9.47 Å². The summed E-state index contributed by atoms with van der Waals surface area (Å²) in [5.41, 5.74) is 2.23. The van der Waals surface area contributed by atoms with Crippen LogP contribution in [-0.4, -0.2) is 50.4 Å². The standard InChI is InChI=1S/C17H19N3O4S/c1-11-15(24-9-8-21)6-7-18-16(11)20-14-5-4-12(23-2)10-13(14)19-17(20)25(3)22/h4-7,10,21H,8-9H2,1-3H3. The first-order chi connectivity index (χ1) is 12.1. The monoisotopic (exact) mass is 361 g/mol. The van der Waals surface area contributed by atoms with Gasteiger partial charge in [0.15, 0.2) is 0 Å². The second kappa shape index (κ2) is 7.20. The Hall–Kier alpha value is -2.45. The molecule has 0 bridgehead atoms. The van der Waals surface area contributed by atoms with E-state index in [4.69, 9.17) is 14.6 Å². The van der Waals surface area contributed by atoms with E-state index in [1.54, 1.807) is 36.3 Å². The predicted octanol–water partition coefficient (Wildman–Crippen LogP) is 1.85. The summed E-state index contributed by atoms with van der Waals surface area (Å²) in [7, 11) is 0.276. The van der Waals surface area contributed by atoms with Gasteiger partial charge in [-0.1, -0.05) is 0 Å². The van der Waals surface area contributed by atoms with Gasteiger partial charge in [-0.3, -0.25) is 8.78 Å². The van der Waals surface area contributed by atoms with Crippen LogP contribution in [0, 0.1) is 6.92 Å². The zero-order chi connectivity index (χ0) is 18.0. The summed E-state index contributed by atoms with van der Waals surface area (Å²) >= 11 is 0. The van der Waals surface area contributed by atoms with Crippen molar-refractivity contribution in [3.63, 3.8) is 0 Å². The first-order valence-corrected chi connectivity index (χ1v) is 9.22. The van der Waals surface area contributed by atoms with Gasteiger partial charge in [-0.2, -0.15) is 0 Å². The molecule has 1 N–H and O–H groups in total. The fraction of sp³-hybridized carbons (Fsp3) is 0.294. The summed E-state index contributed by atoms with van der Waals surface area (Å²) in [4.78, 5) is 8.93. The molecule has 3 rings (SSSR count). The second-order valence-electron chi connectivity index (χ2n) is 5.37. The Bertz CT molecular complexity index is 939. The van der Waals surface area contributed by atoms with Crippen LogP contribution in [0.2, 0.25) is 0 Å². The van der Waals surface area contributed by atoms with Crippen LogP contribution in [0.1, 0.15) is 5.56 Å². The van der Waals surface area contributed by atoms with Crippen molar-refractivity contribution in [3.8, 4) is 17.3 Å². The molecule has 0 radical (unpaired) electrons. The number of aromatic nitrogens is 3. The zero-order valence-electron chi connectivity index (χ0n) is 14.2. The van der Waals surface area contributed by atoms with Crippen molar-refractivity contribution < 1.29 is 18.8 Å². The Morgan fingerprint density at radius 3 is 2.80 bits per heavy atom. The molecule has 0 fully saturated rings. The Morgan fingerprint density at radius 2 is 2.12 bits per heavy atom. The summed E-state index contributed by atoms with van der Waals surface area (Å²) in [6.07, 6.45) is 3.20. The summed E-state index contributed by atoms with van der Waals surface area (Å²) in [6, 6.07) is 7.22. The van der Waals surface area contributed by atoms with Crippen molar-refractivity contribution in [3.05, 3.63) is 36.0 Å². The van der Waals surface area contributed by atoms with Crippen LogP contribution in [0.3, 0.4) is 0 Å². The van der Waals surface area contributed by atoms with Crippen LogP contribution in [-0.2, 0) is 10.8 Å². The first kappa shape index (κ1) is 17.4. The Morgan fingerprint density at radius 1 is 1.32 bits per heavy atom. The fourth-order valence-corrected chi connectivity index (χ4v) is 3.28. The van der Waals surface area contributed by atoms with Crippen LogP contribution >= 0.6 is 0 Å². The Labute approximate surface area is 147 Å². The largest absolute Gasteiger partial charge is 0.497 e. The number of ether oxygens (including phenoxy) is 2. The van der Waals surface area contributed by atoms with E-state index in [9.17, 15) is 4.21 Å². The molecule has 7 nitrogen and oxygen atoms in total. The normalized spacial score (nSPS) is 12.3. The van der Waals surface area contributed by atoms with E-state index in [-0.39, 0.29) is 13.2 Å². The van der Waals surface area contributed by atoms with E-state index in [0.717, 1.165) is 11.1 Å². The lowest BCUT2D eigenvalue weighted by Gasteiger charge is -2.13. The number of nitrogens with zero attached hydrogens (tertiary/aromatic N) is 3. The van der Waals surface area contributed by atoms with Gasteiger partial charge >= 0.3 is 0 Å². The van der Waals surface area contributed by atoms with Gasteiger partial charge in [0.1, 0.15) is 23.9 Å². The van der Waals surface area contributed by atoms with Gasteiger partial charge in [-0.05, 0) is 25.1 Å². The number of pyridine rings is 1. The molecule has 2 aromatic heterocycles. The maximum absolute atomic E-state index is 12.2. The highest BCUT2D eigenvalue weighted by molar-refractivity contribution is 7.84. The van der Waals surface area contributed by atoms with Gasteiger partial charge in [0.25, 0.3) is 0 Å². The fourth-order valence-electron chi connectivity index (χ4n) is 2.61. The molecule has 0 aliphatic heterocycles. The van der Waals surface area contributed by atoms with E-state index in [1.807, 2.05) is 19.1 Å². The molecule has 3 aromatic rings. The van der Waals surface area contributed by atoms with Crippen LogP contribution in [0.25, 0.3) is 16.9 Å². The lowest BCUT2D eigenvalue weighted by atomic mass is 10.2. The minimum Gasteiger partial charge on any atom is -0.497 e. The Balaban J connectivity index is 2.24. The van der Waals surface area contributed by atoms with Gasteiger partial charge in [-0.15, -0.1) is 0 Å². The highest BCUT2D eigenvalue weighted by Gasteiger charge is 2.19. The number of rotatable bonds is 6. The number of benzene rings is 1. The molecule has 0 saturated carbocycles. The predicted molar refractivity (Wildman–Crippen MR) is 95.1 cm³/mol. The summed E-state index contributed by atoms with van der Waals surface area (Å²) in [5.74, 6) is 1.88. The van der Waals surface area contributed by atoms with Crippen molar-refractivity contribution in [2.24, 2.45) is 0 Å². The lowest BCUT2D eigenvalue weighted by molar-refractivity contribution is 0.200. The third-order valence-electron chi connectivity index (χ3n) is 3.78. The lowest BCUT2D eigenvalue weighted by Crippen LogP contribution is -2.09. The molecule has 0 amide bonds. The average Bonchev–Trinajstić information content (AvgIpc) is 2.99. The Kier molecular flexibility index (Phi) is 5.00. The molecule has 1 atom stereocenters. The molecular formula is C17H19N3O4S. The minimum atomic E-state index is -1.31. The van der Waals surface area contributed by atoms with Crippen LogP contribution in [0.5, 0.6) is 11.5 Å². The number of imidazole rings is 1. The molecule has 132 valence electrons. The number of aliphatic hydroxyl groups excluding tert-OH is 1. The average molecular weight is 361 g/mol. The van der Waals surface area contributed by atoms with E-state index < -0.39 is 10.8 Å². The van der Waals surface area contributed by atoms with Crippen molar-refractivity contribution >= 4 is 21.8 Å². The maximum atomic E-state index is 12.2. The molecule has 2 heterocycles. The van der Waals surface area contributed by atoms with E-state index in [1.165, 1.54) is 0 Å². The molecule has 0 aliphatic rings. The quantitative estimate of drug-likeness (QED) is 0.721. The molecule has 0 aliphatic carbocycles. The van der Waals surface area contributed by atoms with Crippen LogP contribution in [0.4, 0.5) is 0 Å². The smallest absolute Gasteiger partial charge is 0.205 e. The third-order valence-corrected chi connectivity index (χ3v) is 4.56. The number of fused-ring (bicyclic) bond motifs is 1. The molecule has 0 spiro atoms. The number of methoxy groups -OCH3 is 1. The maximum Gasteiger partial charge on any atom is 0.205 e. The molecule has 0 saturated heterocycles. The summed E-state index contributed by atoms with van der Waals surface area (Å²) < 4.78 is 24.8. The second-order valence-corrected chi connectivity index (χ2v) is 6.64. The summed E-state index contributed by atoms with van der Waals surface area (Å²) in [6.45, 7) is 1.99. The zero-order valence-corrected chi connectivity index (χ0v) is 15.0. The molecule has 1 unspecified atom stereocenters. The van der Waals surface area contributed by atoms with E-state index >= 15 is 0 Å². The highest BCUT2D eigenvalue weighted by Crippen LogP contribution is 2.29. The van der Waals surface area contributed by atoms with Gasteiger partial charge in [0, 0.05) is 24.1 Å². The van der Waals surface area contributed by atoms with Gasteiger partial charge in [0.2, 0.25) is 5.16 Å². The van der Waals surface area contributed by atoms with Gasteiger partial charge in [0.05, 0.1) is 35.5 Å².